The van der Waals surface area contributed by atoms with Crippen molar-refractivity contribution in [1.82, 2.24) is 0 Å². The molecule has 2 rings (SSSR count). The maximum atomic E-state index is 10.9. The first-order valence-corrected chi connectivity index (χ1v) is 6.36. The zero-order chi connectivity index (χ0) is 15.1. The van der Waals surface area contributed by atoms with Gasteiger partial charge in [0.05, 0.1) is 23.2 Å². The minimum Gasteiger partial charge on any atom is -0.490 e. The molecule has 7 heteroatoms. The zero-order valence-electron chi connectivity index (χ0n) is 12.3. The van der Waals surface area contributed by atoms with Crippen LogP contribution in [0, 0.1) is 10.1 Å². The summed E-state index contributed by atoms with van der Waals surface area (Å²) < 4.78 is 16.9. The van der Waals surface area contributed by atoms with Crippen molar-refractivity contribution in [3.8, 4) is 5.75 Å². The molecule has 6 nitrogen and oxygen atoms in total. The van der Waals surface area contributed by atoms with Crippen LogP contribution in [0.15, 0.2) is 18.2 Å². The zero-order valence-corrected chi connectivity index (χ0v) is 12.3. The molecule has 1 aromatic rings. The summed E-state index contributed by atoms with van der Waals surface area (Å²) in [5.41, 5.74) is -0.279. The molecule has 1 aliphatic heterocycles. The van der Waals surface area contributed by atoms with Crippen LogP contribution in [0.4, 0.5) is 5.69 Å². The Hall–Kier alpha value is -1.60. The number of benzene rings is 1. The van der Waals surface area contributed by atoms with Crippen molar-refractivity contribution in [2.45, 2.75) is 38.9 Å². The number of hydrogen-bond donors (Lipinski definition) is 0. The van der Waals surface area contributed by atoms with Gasteiger partial charge in [0.1, 0.15) is 0 Å². The predicted octanol–water partition coefficient (Wildman–Crippen LogP) is 1.90. The van der Waals surface area contributed by atoms with Crippen LogP contribution in [0.5, 0.6) is 5.75 Å². The summed E-state index contributed by atoms with van der Waals surface area (Å²) in [6, 6.07) is 4.61. The van der Waals surface area contributed by atoms with E-state index in [0.717, 1.165) is 0 Å². The molecule has 0 radical (unpaired) electrons. The fourth-order valence-electron chi connectivity index (χ4n) is 1.97. The van der Waals surface area contributed by atoms with Gasteiger partial charge in [0.2, 0.25) is 0 Å². The third kappa shape index (κ3) is 2.38. The Morgan fingerprint density at radius 3 is 2.20 bits per heavy atom. The highest BCUT2D eigenvalue weighted by Gasteiger charge is 2.51. The molecule has 0 unspecified atom stereocenters. The fourth-order valence-corrected chi connectivity index (χ4v) is 1.97. The minimum atomic E-state index is -0.560. The predicted molar refractivity (Wildman–Crippen MR) is 75.4 cm³/mol. The molecule has 0 bridgehead atoms. The first kappa shape index (κ1) is 14.8. The van der Waals surface area contributed by atoms with Gasteiger partial charge < -0.3 is 14.0 Å². The summed E-state index contributed by atoms with van der Waals surface area (Å²) >= 11 is 0. The van der Waals surface area contributed by atoms with E-state index in [2.05, 4.69) is 0 Å². The lowest BCUT2D eigenvalue weighted by Crippen LogP contribution is -2.41. The molecule has 0 amide bonds. The average Bonchev–Trinajstić information content (AvgIpc) is 2.57. The molecule has 1 aromatic carbocycles. The third-order valence-corrected chi connectivity index (χ3v) is 3.93. The number of hydrogen-bond acceptors (Lipinski definition) is 5. The van der Waals surface area contributed by atoms with E-state index in [-0.39, 0.29) is 11.4 Å². The number of nitro benzene ring substituents is 1. The van der Waals surface area contributed by atoms with Crippen molar-refractivity contribution in [3.63, 3.8) is 0 Å². The maximum Gasteiger partial charge on any atom is 0.494 e. The largest absolute Gasteiger partial charge is 0.494 e. The lowest BCUT2D eigenvalue weighted by atomic mass is 9.79. The smallest absolute Gasteiger partial charge is 0.490 e. The van der Waals surface area contributed by atoms with Gasteiger partial charge in [-0.25, -0.2) is 0 Å². The van der Waals surface area contributed by atoms with Crippen molar-refractivity contribution in [2.75, 3.05) is 7.11 Å². The van der Waals surface area contributed by atoms with Crippen LogP contribution in [0.3, 0.4) is 0 Å². The molecule has 1 fully saturated rings. The first-order valence-electron chi connectivity index (χ1n) is 6.36. The molecule has 20 heavy (non-hydrogen) atoms. The van der Waals surface area contributed by atoms with Crippen LogP contribution in [0.1, 0.15) is 27.7 Å². The minimum absolute atomic E-state index is 0.0761. The van der Waals surface area contributed by atoms with E-state index in [9.17, 15) is 10.1 Å². The molecule has 0 spiro atoms. The normalized spacial score (nSPS) is 19.9. The van der Waals surface area contributed by atoms with E-state index in [1.165, 1.54) is 13.2 Å². The SMILES string of the molecule is COc1cc(B2OC(C)(C)C(C)(C)O2)ccc1[N+](=O)[O-]. The first-order chi connectivity index (χ1) is 9.18. The number of methoxy groups -OCH3 is 1. The highest BCUT2D eigenvalue weighted by atomic mass is 16.7. The van der Waals surface area contributed by atoms with Gasteiger partial charge in [0.25, 0.3) is 0 Å². The lowest BCUT2D eigenvalue weighted by Gasteiger charge is -2.32. The van der Waals surface area contributed by atoms with Crippen LogP contribution in [-0.4, -0.2) is 30.4 Å². The van der Waals surface area contributed by atoms with Crippen LogP contribution >= 0.6 is 0 Å². The van der Waals surface area contributed by atoms with Gasteiger partial charge in [-0.3, -0.25) is 10.1 Å². The van der Waals surface area contributed by atoms with Crippen LogP contribution in [0.2, 0.25) is 0 Å². The number of nitro groups is 1. The third-order valence-electron chi connectivity index (χ3n) is 3.93. The van der Waals surface area contributed by atoms with E-state index in [1.807, 2.05) is 27.7 Å². The second-order valence-electron chi connectivity index (χ2n) is 5.78. The van der Waals surface area contributed by atoms with Gasteiger partial charge in [-0.05, 0) is 39.2 Å². The van der Waals surface area contributed by atoms with Gasteiger partial charge in [0.15, 0.2) is 5.75 Å². The van der Waals surface area contributed by atoms with Gasteiger partial charge in [-0.1, -0.05) is 6.07 Å². The van der Waals surface area contributed by atoms with E-state index in [1.54, 1.807) is 12.1 Å². The summed E-state index contributed by atoms with van der Waals surface area (Å²) in [6.45, 7) is 7.82. The van der Waals surface area contributed by atoms with Crippen molar-refractivity contribution in [3.05, 3.63) is 28.3 Å². The summed E-state index contributed by atoms with van der Waals surface area (Å²) in [5, 5.41) is 10.9. The van der Waals surface area contributed by atoms with Gasteiger partial charge in [0, 0.05) is 6.07 Å². The van der Waals surface area contributed by atoms with Gasteiger partial charge >= 0.3 is 12.8 Å². The van der Waals surface area contributed by atoms with Crippen LogP contribution < -0.4 is 10.2 Å². The van der Waals surface area contributed by atoms with Crippen molar-refractivity contribution < 1.29 is 19.0 Å². The van der Waals surface area contributed by atoms with E-state index < -0.39 is 23.2 Å². The quantitative estimate of drug-likeness (QED) is 0.480. The molecule has 1 heterocycles. The number of rotatable bonds is 3. The Bertz CT molecular complexity index is 528. The summed E-state index contributed by atoms with van der Waals surface area (Å²) in [5.74, 6) is 0.196. The second-order valence-corrected chi connectivity index (χ2v) is 5.78. The standard InChI is InChI=1S/C13H18BNO5/c1-12(2)13(3,4)20-14(19-12)9-6-7-10(15(16)17)11(8-9)18-5/h6-8H,1-5H3. The maximum absolute atomic E-state index is 10.9. The Kier molecular flexibility index (Phi) is 3.52. The molecule has 1 aliphatic rings. The van der Waals surface area contributed by atoms with E-state index in [0.29, 0.717) is 5.46 Å². The van der Waals surface area contributed by atoms with Crippen molar-refractivity contribution in [1.29, 1.82) is 0 Å². The number of ether oxygens (including phenoxy) is 1. The van der Waals surface area contributed by atoms with Crippen molar-refractivity contribution in [2.24, 2.45) is 0 Å². The second kappa shape index (κ2) is 4.75. The summed E-state index contributed by atoms with van der Waals surface area (Å²) in [4.78, 5) is 10.4. The van der Waals surface area contributed by atoms with Crippen molar-refractivity contribution >= 4 is 18.3 Å². The highest BCUT2D eigenvalue weighted by Crippen LogP contribution is 2.37. The highest BCUT2D eigenvalue weighted by molar-refractivity contribution is 6.62. The van der Waals surface area contributed by atoms with Gasteiger partial charge in [-0.2, -0.15) is 0 Å². The molecule has 0 aliphatic carbocycles. The molecule has 1 saturated heterocycles. The Balaban J connectivity index is 2.34. The fraction of sp³-hybridized carbons (Fsp3) is 0.538. The topological polar surface area (TPSA) is 70.8 Å². The molecule has 0 atom stereocenters. The Morgan fingerprint density at radius 1 is 1.20 bits per heavy atom. The molecule has 0 aromatic heterocycles. The van der Waals surface area contributed by atoms with E-state index in [4.69, 9.17) is 14.0 Å². The number of nitrogens with zero attached hydrogens (tertiary/aromatic N) is 1. The molecule has 0 saturated carbocycles. The Morgan fingerprint density at radius 2 is 1.75 bits per heavy atom. The molecular weight excluding hydrogens is 261 g/mol. The lowest BCUT2D eigenvalue weighted by molar-refractivity contribution is -0.385. The molecular formula is C13H18BNO5. The summed E-state index contributed by atoms with van der Waals surface area (Å²) in [6.07, 6.45) is 0. The summed E-state index contributed by atoms with van der Waals surface area (Å²) in [7, 11) is 0.839. The molecule has 108 valence electrons. The Labute approximate surface area is 118 Å². The monoisotopic (exact) mass is 279 g/mol. The van der Waals surface area contributed by atoms with Gasteiger partial charge in [-0.15, -0.1) is 0 Å². The van der Waals surface area contributed by atoms with Crippen LogP contribution in [0.25, 0.3) is 0 Å². The molecule has 0 N–H and O–H groups in total. The average molecular weight is 279 g/mol. The van der Waals surface area contributed by atoms with E-state index >= 15 is 0 Å². The van der Waals surface area contributed by atoms with Crippen LogP contribution in [-0.2, 0) is 9.31 Å².